The van der Waals surface area contributed by atoms with E-state index in [-0.39, 0.29) is 5.75 Å². The Hall–Kier alpha value is -3.12. The number of pyridine rings is 1. The smallest absolute Gasteiger partial charge is 0.232 e. The largest absolute Gasteiger partial charge is 0.487 e. The van der Waals surface area contributed by atoms with Crippen molar-refractivity contribution in [3.63, 3.8) is 0 Å². The number of hydrogen-bond acceptors (Lipinski definition) is 4. The molecule has 4 rings (SSSR count). The summed E-state index contributed by atoms with van der Waals surface area (Å²) >= 11 is 0. The van der Waals surface area contributed by atoms with Gasteiger partial charge in [-0.3, -0.25) is 4.72 Å². The lowest BCUT2D eigenvalue weighted by molar-refractivity contribution is 0.302. The van der Waals surface area contributed by atoms with Gasteiger partial charge in [-0.05, 0) is 54.1 Å². The van der Waals surface area contributed by atoms with Crippen LogP contribution >= 0.6 is 0 Å². The molecule has 0 saturated heterocycles. The van der Waals surface area contributed by atoms with Gasteiger partial charge in [-0.1, -0.05) is 36.4 Å². The van der Waals surface area contributed by atoms with Crippen LogP contribution in [0.2, 0.25) is 0 Å². The van der Waals surface area contributed by atoms with Crippen LogP contribution in [0.25, 0.3) is 21.7 Å². The van der Waals surface area contributed by atoms with Crippen LogP contribution in [0, 0.1) is 0 Å². The molecule has 0 fully saturated rings. The van der Waals surface area contributed by atoms with Crippen molar-refractivity contribution in [3.8, 4) is 5.75 Å². The van der Waals surface area contributed by atoms with Crippen LogP contribution in [0.3, 0.4) is 0 Å². The second kappa shape index (κ2) is 7.48. The van der Waals surface area contributed by atoms with Gasteiger partial charge in [0, 0.05) is 11.1 Å². The molecular formula is C22H20N2O3S. The molecule has 28 heavy (non-hydrogen) atoms. The van der Waals surface area contributed by atoms with Gasteiger partial charge in [0.15, 0.2) is 0 Å². The van der Waals surface area contributed by atoms with E-state index in [0.29, 0.717) is 18.0 Å². The fourth-order valence-electron chi connectivity index (χ4n) is 2.98. The lowest BCUT2D eigenvalue weighted by Gasteiger charge is -2.10. The van der Waals surface area contributed by atoms with Gasteiger partial charge in [0.2, 0.25) is 10.0 Å². The predicted molar refractivity (Wildman–Crippen MR) is 113 cm³/mol. The van der Waals surface area contributed by atoms with Crippen molar-refractivity contribution >= 4 is 37.4 Å². The maximum absolute atomic E-state index is 11.8. The van der Waals surface area contributed by atoms with Gasteiger partial charge in [-0.2, -0.15) is 0 Å². The number of ether oxygens (including phenoxy) is 1. The third kappa shape index (κ3) is 4.07. The summed E-state index contributed by atoms with van der Waals surface area (Å²) in [5.74, 6) is 0.741. The molecule has 3 aromatic carbocycles. The predicted octanol–water partition coefficient (Wildman–Crippen LogP) is 4.73. The Kier molecular flexibility index (Phi) is 4.88. The summed E-state index contributed by atoms with van der Waals surface area (Å²) in [4.78, 5) is 4.61. The van der Waals surface area contributed by atoms with Crippen LogP contribution in [0.4, 0.5) is 5.69 Å². The first-order valence-corrected chi connectivity index (χ1v) is 10.7. The van der Waals surface area contributed by atoms with Crippen LogP contribution in [0.15, 0.2) is 72.8 Å². The summed E-state index contributed by atoms with van der Waals surface area (Å²) in [6.45, 7) is 1.97. The monoisotopic (exact) mass is 392 g/mol. The minimum Gasteiger partial charge on any atom is -0.487 e. The van der Waals surface area contributed by atoms with E-state index in [0.717, 1.165) is 27.4 Å². The van der Waals surface area contributed by atoms with Crippen LogP contribution in [-0.2, 0) is 16.6 Å². The zero-order valence-electron chi connectivity index (χ0n) is 15.4. The highest BCUT2D eigenvalue weighted by Crippen LogP contribution is 2.25. The molecule has 6 heteroatoms. The zero-order chi connectivity index (χ0) is 19.6. The summed E-state index contributed by atoms with van der Waals surface area (Å²) in [7, 11) is -3.31. The van der Waals surface area contributed by atoms with Gasteiger partial charge in [-0.15, -0.1) is 0 Å². The standard InChI is InChI=1S/C22H20N2O3S/c1-2-28(25,26)24-19-10-7-16-9-12-21(14-18(16)13-19)27-15-20-11-8-17-5-3-4-6-22(17)23-20/h3-14,24H,2,15H2,1H3. The molecule has 1 aromatic heterocycles. The highest BCUT2D eigenvalue weighted by molar-refractivity contribution is 7.92. The SMILES string of the molecule is CCS(=O)(=O)Nc1ccc2ccc(OCc3ccc4ccccc4n3)cc2c1. The van der Waals surface area contributed by atoms with Crippen molar-refractivity contribution < 1.29 is 13.2 Å². The van der Waals surface area contributed by atoms with E-state index < -0.39 is 10.0 Å². The lowest BCUT2D eigenvalue weighted by atomic mass is 10.1. The molecule has 0 aliphatic rings. The van der Waals surface area contributed by atoms with Crippen LogP contribution in [-0.4, -0.2) is 19.2 Å². The molecule has 1 N–H and O–H groups in total. The number of benzene rings is 3. The van der Waals surface area contributed by atoms with Crippen LogP contribution in [0.1, 0.15) is 12.6 Å². The van der Waals surface area contributed by atoms with Crippen molar-refractivity contribution in [2.75, 3.05) is 10.5 Å². The van der Waals surface area contributed by atoms with E-state index in [1.54, 1.807) is 13.0 Å². The Morgan fingerprint density at radius 3 is 2.54 bits per heavy atom. The summed E-state index contributed by atoms with van der Waals surface area (Å²) in [6.07, 6.45) is 0. The summed E-state index contributed by atoms with van der Waals surface area (Å²) in [6, 6.07) is 23.2. The minimum atomic E-state index is -3.31. The Bertz CT molecular complexity index is 1250. The van der Waals surface area contributed by atoms with Crippen molar-refractivity contribution in [2.45, 2.75) is 13.5 Å². The van der Waals surface area contributed by atoms with Crippen molar-refractivity contribution in [3.05, 3.63) is 78.5 Å². The van der Waals surface area contributed by atoms with Crippen molar-refractivity contribution in [1.29, 1.82) is 0 Å². The second-order valence-corrected chi connectivity index (χ2v) is 8.52. The summed E-state index contributed by atoms with van der Waals surface area (Å²) < 4.78 is 32.0. The third-order valence-electron chi connectivity index (χ3n) is 4.51. The molecule has 0 saturated carbocycles. The molecule has 0 spiro atoms. The van der Waals surface area contributed by atoms with E-state index in [2.05, 4.69) is 9.71 Å². The molecule has 0 unspecified atom stereocenters. The average Bonchev–Trinajstić information content (AvgIpc) is 2.71. The number of nitrogens with one attached hydrogen (secondary N) is 1. The van der Waals surface area contributed by atoms with E-state index in [1.165, 1.54) is 0 Å². The van der Waals surface area contributed by atoms with Gasteiger partial charge in [-0.25, -0.2) is 13.4 Å². The van der Waals surface area contributed by atoms with Gasteiger partial charge in [0.25, 0.3) is 0 Å². The fraction of sp³-hybridized carbons (Fsp3) is 0.136. The number of aromatic nitrogens is 1. The molecule has 0 radical (unpaired) electrons. The molecule has 0 bridgehead atoms. The van der Waals surface area contributed by atoms with E-state index >= 15 is 0 Å². The maximum atomic E-state index is 11.8. The molecule has 0 atom stereocenters. The minimum absolute atomic E-state index is 0.0347. The van der Waals surface area contributed by atoms with Crippen LogP contribution in [0.5, 0.6) is 5.75 Å². The zero-order valence-corrected chi connectivity index (χ0v) is 16.2. The molecule has 0 aliphatic heterocycles. The van der Waals surface area contributed by atoms with E-state index in [4.69, 9.17) is 4.74 Å². The average molecular weight is 392 g/mol. The first kappa shape index (κ1) is 18.3. The molecule has 1 heterocycles. The Morgan fingerprint density at radius 1 is 0.893 bits per heavy atom. The Balaban J connectivity index is 1.54. The number of anilines is 1. The van der Waals surface area contributed by atoms with Crippen molar-refractivity contribution in [2.24, 2.45) is 0 Å². The van der Waals surface area contributed by atoms with Gasteiger partial charge in [0.1, 0.15) is 12.4 Å². The quantitative estimate of drug-likeness (QED) is 0.515. The number of para-hydroxylation sites is 1. The fourth-order valence-corrected chi connectivity index (χ4v) is 3.61. The Labute approximate surface area is 164 Å². The molecule has 0 aliphatic carbocycles. The van der Waals surface area contributed by atoms with Gasteiger partial charge in [0.05, 0.1) is 17.0 Å². The number of rotatable bonds is 6. The van der Waals surface area contributed by atoms with Crippen molar-refractivity contribution in [1.82, 2.24) is 4.98 Å². The topological polar surface area (TPSA) is 68.3 Å². The van der Waals surface area contributed by atoms with E-state index in [9.17, 15) is 8.42 Å². The van der Waals surface area contributed by atoms with Gasteiger partial charge >= 0.3 is 0 Å². The highest BCUT2D eigenvalue weighted by Gasteiger charge is 2.08. The molecular weight excluding hydrogens is 372 g/mol. The summed E-state index contributed by atoms with van der Waals surface area (Å²) in [5.41, 5.74) is 2.33. The first-order valence-electron chi connectivity index (χ1n) is 9.04. The first-order chi connectivity index (χ1) is 13.5. The number of hydrogen-bond donors (Lipinski definition) is 1. The van der Waals surface area contributed by atoms with E-state index in [1.807, 2.05) is 66.7 Å². The number of fused-ring (bicyclic) bond motifs is 2. The Morgan fingerprint density at radius 2 is 1.68 bits per heavy atom. The molecule has 5 nitrogen and oxygen atoms in total. The molecule has 0 amide bonds. The third-order valence-corrected chi connectivity index (χ3v) is 5.81. The highest BCUT2D eigenvalue weighted by atomic mass is 32.2. The van der Waals surface area contributed by atoms with Gasteiger partial charge < -0.3 is 4.74 Å². The molecule has 4 aromatic rings. The second-order valence-electron chi connectivity index (χ2n) is 6.51. The van der Waals surface area contributed by atoms with Crippen LogP contribution < -0.4 is 9.46 Å². The molecule has 142 valence electrons. The maximum Gasteiger partial charge on any atom is 0.232 e. The summed E-state index contributed by atoms with van der Waals surface area (Å²) in [5, 5.41) is 3.01. The normalized spacial score (nSPS) is 11.6. The lowest BCUT2D eigenvalue weighted by Crippen LogP contribution is -2.14. The number of nitrogens with zero attached hydrogens (tertiary/aromatic N) is 1. The number of sulfonamides is 1.